The van der Waals surface area contributed by atoms with Crippen molar-refractivity contribution in [3.63, 3.8) is 0 Å². The number of likely N-dealkylation sites (tertiary alicyclic amines) is 1. The van der Waals surface area contributed by atoms with Gasteiger partial charge in [-0.3, -0.25) is 9.78 Å². The smallest absolute Gasteiger partial charge is 0.253 e. The zero-order valence-electron chi connectivity index (χ0n) is 20.3. The van der Waals surface area contributed by atoms with Gasteiger partial charge in [-0.2, -0.15) is 0 Å². The Balaban J connectivity index is 1.44. The molecule has 0 bridgehead atoms. The highest BCUT2D eigenvalue weighted by atomic mass is 16.5. The summed E-state index contributed by atoms with van der Waals surface area (Å²) in [6, 6.07) is 9.75. The first kappa shape index (κ1) is 23.7. The van der Waals surface area contributed by atoms with Crippen molar-refractivity contribution < 1.29 is 19.0 Å². The number of amides is 1. The summed E-state index contributed by atoms with van der Waals surface area (Å²) in [7, 11) is 0. The monoisotopic (exact) mass is 452 g/mol. The largest absolute Gasteiger partial charge is 0.491 e. The van der Waals surface area contributed by atoms with Crippen molar-refractivity contribution in [2.24, 2.45) is 0 Å². The number of piperidine rings is 1. The van der Waals surface area contributed by atoms with E-state index in [-0.39, 0.29) is 29.8 Å². The molecule has 0 N–H and O–H groups in total. The molecule has 33 heavy (non-hydrogen) atoms. The topological polar surface area (TPSA) is 60.9 Å². The van der Waals surface area contributed by atoms with Crippen LogP contribution in [0.5, 0.6) is 5.75 Å². The number of carbonyl (C=O) groups excluding carboxylic acids is 1. The maximum absolute atomic E-state index is 13.2. The van der Waals surface area contributed by atoms with Crippen molar-refractivity contribution in [1.29, 1.82) is 0 Å². The Morgan fingerprint density at radius 2 is 2.06 bits per heavy atom. The van der Waals surface area contributed by atoms with E-state index in [1.165, 1.54) is 0 Å². The molecule has 2 atom stereocenters. The average molecular weight is 453 g/mol. The molecule has 6 heteroatoms. The van der Waals surface area contributed by atoms with Gasteiger partial charge in [0.2, 0.25) is 0 Å². The minimum absolute atomic E-state index is 0.0256. The Morgan fingerprint density at radius 3 is 2.70 bits per heavy atom. The SMILES string of the molecule is CCO[C@H]1C[C@H](c2cccnc2)OC2(CCN(C(=O)c3ccc(OC(C)C)c(C)c3)CC2)C1. The normalized spacial score (nSPS) is 22.5. The fourth-order valence-electron chi connectivity index (χ4n) is 5.06. The van der Waals surface area contributed by atoms with E-state index >= 15 is 0 Å². The number of ether oxygens (including phenoxy) is 3. The molecule has 2 aromatic rings. The second-order valence-corrected chi connectivity index (χ2v) is 9.53. The maximum Gasteiger partial charge on any atom is 0.253 e. The van der Waals surface area contributed by atoms with Gasteiger partial charge in [0.15, 0.2) is 0 Å². The van der Waals surface area contributed by atoms with Crippen molar-refractivity contribution in [2.45, 2.75) is 77.3 Å². The molecule has 0 saturated carbocycles. The van der Waals surface area contributed by atoms with Gasteiger partial charge < -0.3 is 19.1 Å². The maximum atomic E-state index is 13.2. The van der Waals surface area contributed by atoms with Crippen LogP contribution in [-0.2, 0) is 9.47 Å². The summed E-state index contributed by atoms with van der Waals surface area (Å²) < 4.78 is 18.6. The Morgan fingerprint density at radius 1 is 1.27 bits per heavy atom. The molecular weight excluding hydrogens is 416 g/mol. The molecule has 2 aliphatic heterocycles. The summed E-state index contributed by atoms with van der Waals surface area (Å²) >= 11 is 0. The fourth-order valence-corrected chi connectivity index (χ4v) is 5.06. The van der Waals surface area contributed by atoms with Crippen LogP contribution < -0.4 is 4.74 Å². The predicted octanol–water partition coefficient (Wildman–Crippen LogP) is 5.11. The first-order valence-electron chi connectivity index (χ1n) is 12.1. The molecular formula is C27H36N2O4. The van der Waals surface area contributed by atoms with Crippen LogP contribution >= 0.6 is 0 Å². The average Bonchev–Trinajstić information content (AvgIpc) is 2.81. The summed E-state index contributed by atoms with van der Waals surface area (Å²) in [5.41, 5.74) is 2.53. The molecule has 6 nitrogen and oxygen atoms in total. The van der Waals surface area contributed by atoms with Crippen LogP contribution in [-0.4, -0.2) is 53.3 Å². The predicted molar refractivity (Wildman–Crippen MR) is 128 cm³/mol. The van der Waals surface area contributed by atoms with E-state index in [1.807, 2.05) is 63.1 Å². The Bertz CT molecular complexity index is 938. The highest BCUT2D eigenvalue weighted by molar-refractivity contribution is 5.94. The molecule has 1 aromatic heterocycles. The third kappa shape index (κ3) is 5.56. The molecule has 0 radical (unpaired) electrons. The zero-order chi connectivity index (χ0) is 23.4. The lowest BCUT2D eigenvalue weighted by Gasteiger charge is -2.48. The summed E-state index contributed by atoms with van der Waals surface area (Å²) in [5.74, 6) is 0.906. The summed E-state index contributed by atoms with van der Waals surface area (Å²) in [4.78, 5) is 19.5. The van der Waals surface area contributed by atoms with Gasteiger partial charge in [0.05, 0.1) is 23.9 Å². The van der Waals surface area contributed by atoms with Gasteiger partial charge in [-0.1, -0.05) is 6.07 Å². The van der Waals surface area contributed by atoms with E-state index in [4.69, 9.17) is 14.2 Å². The Labute approximate surface area is 197 Å². The third-order valence-electron chi connectivity index (χ3n) is 6.67. The number of benzene rings is 1. The molecule has 4 rings (SSSR count). The van der Waals surface area contributed by atoms with Crippen LogP contribution in [0.15, 0.2) is 42.7 Å². The van der Waals surface area contributed by atoms with Crippen molar-refractivity contribution >= 4 is 5.91 Å². The second kappa shape index (κ2) is 10.2. The number of carbonyl (C=O) groups is 1. The van der Waals surface area contributed by atoms with E-state index in [9.17, 15) is 4.79 Å². The van der Waals surface area contributed by atoms with E-state index in [1.54, 1.807) is 6.20 Å². The first-order valence-corrected chi connectivity index (χ1v) is 12.1. The number of aromatic nitrogens is 1. The highest BCUT2D eigenvalue weighted by Gasteiger charge is 2.45. The van der Waals surface area contributed by atoms with Gasteiger partial charge in [-0.25, -0.2) is 0 Å². The number of hydrogen-bond acceptors (Lipinski definition) is 5. The van der Waals surface area contributed by atoms with Gasteiger partial charge in [0.25, 0.3) is 5.91 Å². The Kier molecular flexibility index (Phi) is 7.35. The quantitative estimate of drug-likeness (QED) is 0.610. The van der Waals surface area contributed by atoms with Crippen molar-refractivity contribution in [2.75, 3.05) is 19.7 Å². The third-order valence-corrected chi connectivity index (χ3v) is 6.67. The molecule has 178 valence electrons. The van der Waals surface area contributed by atoms with Crippen molar-refractivity contribution in [3.8, 4) is 5.75 Å². The van der Waals surface area contributed by atoms with Gasteiger partial charge in [0.1, 0.15) is 5.75 Å². The van der Waals surface area contributed by atoms with Crippen LogP contribution in [0.4, 0.5) is 0 Å². The van der Waals surface area contributed by atoms with Gasteiger partial charge in [-0.15, -0.1) is 0 Å². The molecule has 2 aliphatic rings. The molecule has 2 saturated heterocycles. The van der Waals surface area contributed by atoms with Crippen LogP contribution in [0.1, 0.15) is 74.0 Å². The molecule has 3 heterocycles. The molecule has 2 fully saturated rings. The van der Waals surface area contributed by atoms with E-state index in [0.717, 1.165) is 42.6 Å². The highest BCUT2D eigenvalue weighted by Crippen LogP contribution is 2.44. The van der Waals surface area contributed by atoms with E-state index < -0.39 is 0 Å². The number of rotatable bonds is 6. The first-order chi connectivity index (χ1) is 15.9. The lowest BCUT2D eigenvalue weighted by atomic mass is 9.80. The zero-order valence-corrected chi connectivity index (χ0v) is 20.3. The van der Waals surface area contributed by atoms with E-state index in [0.29, 0.717) is 25.3 Å². The molecule has 1 amide bonds. The molecule has 0 aliphatic carbocycles. The molecule has 1 aromatic carbocycles. The Hall–Kier alpha value is -2.44. The summed E-state index contributed by atoms with van der Waals surface area (Å²) in [6.45, 7) is 10.1. The number of nitrogens with zero attached hydrogens (tertiary/aromatic N) is 2. The number of hydrogen-bond donors (Lipinski definition) is 0. The van der Waals surface area contributed by atoms with Crippen molar-refractivity contribution in [3.05, 3.63) is 59.4 Å². The lowest BCUT2D eigenvalue weighted by Crippen LogP contribution is -2.52. The van der Waals surface area contributed by atoms with Crippen LogP contribution in [0.3, 0.4) is 0 Å². The lowest BCUT2D eigenvalue weighted by molar-refractivity contribution is -0.190. The number of aryl methyl sites for hydroxylation is 1. The van der Waals surface area contributed by atoms with Crippen LogP contribution in [0, 0.1) is 6.92 Å². The van der Waals surface area contributed by atoms with Crippen LogP contribution in [0.25, 0.3) is 0 Å². The number of pyridine rings is 1. The molecule has 0 unspecified atom stereocenters. The van der Waals surface area contributed by atoms with Crippen molar-refractivity contribution in [1.82, 2.24) is 9.88 Å². The minimum atomic E-state index is -0.264. The molecule has 1 spiro atoms. The standard InChI is InChI=1S/C27H36N2O4/c1-5-31-23-16-25(22-7-6-12-28-18-22)33-27(17-23)10-13-29(14-11-27)26(30)21-8-9-24(20(4)15-21)32-19(2)3/h6-9,12,15,18-19,23,25H,5,10-11,13-14,16-17H2,1-4H3/t23-,25+/m0/s1. The van der Waals surface area contributed by atoms with Crippen LogP contribution in [0.2, 0.25) is 0 Å². The minimum Gasteiger partial charge on any atom is -0.491 e. The summed E-state index contributed by atoms with van der Waals surface area (Å²) in [6.07, 6.45) is 7.26. The summed E-state index contributed by atoms with van der Waals surface area (Å²) in [5, 5.41) is 0. The van der Waals surface area contributed by atoms with Gasteiger partial charge in [-0.05, 0) is 75.9 Å². The van der Waals surface area contributed by atoms with Gasteiger partial charge in [0, 0.05) is 50.5 Å². The van der Waals surface area contributed by atoms with Gasteiger partial charge >= 0.3 is 0 Å². The van der Waals surface area contributed by atoms with E-state index in [2.05, 4.69) is 11.1 Å². The second-order valence-electron chi connectivity index (χ2n) is 9.53. The fraction of sp³-hybridized carbons (Fsp3) is 0.556.